The summed E-state index contributed by atoms with van der Waals surface area (Å²) in [5.74, 6) is 3.72. The van der Waals surface area contributed by atoms with Gasteiger partial charge in [0.25, 0.3) is 0 Å². The topological polar surface area (TPSA) is 18.5 Å². The second-order valence-corrected chi connectivity index (χ2v) is 6.61. The number of para-hydroxylation sites is 2. The Bertz CT molecular complexity index is 436. The predicted octanol–water partition coefficient (Wildman–Crippen LogP) is 4.28. The summed E-state index contributed by atoms with van der Waals surface area (Å²) < 4.78 is 11.2. The highest BCUT2D eigenvalue weighted by atomic mass is 79.9. The minimum Gasteiger partial charge on any atom is -0.493 e. The van der Waals surface area contributed by atoms with Crippen molar-refractivity contribution in [3.05, 3.63) is 24.3 Å². The van der Waals surface area contributed by atoms with Crippen molar-refractivity contribution in [3.63, 3.8) is 0 Å². The van der Waals surface area contributed by atoms with Crippen molar-refractivity contribution >= 4 is 15.9 Å². The molecule has 3 heteroatoms. The van der Waals surface area contributed by atoms with E-state index in [0.717, 1.165) is 41.7 Å². The van der Waals surface area contributed by atoms with Gasteiger partial charge in [-0.2, -0.15) is 0 Å². The van der Waals surface area contributed by atoms with Crippen LogP contribution < -0.4 is 9.47 Å². The zero-order valence-corrected chi connectivity index (χ0v) is 13.0. The summed E-state index contributed by atoms with van der Waals surface area (Å²) in [5.41, 5.74) is 0.482. The Labute approximate surface area is 123 Å². The van der Waals surface area contributed by atoms with Crippen LogP contribution in [0.25, 0.3) is 0 Å². The fourth-order valence-corrected chi connectivity index (χ4v) is 4.24. The molecule has 19 heavy (non-hydrogen) atoms. The summed E-state index contributed by atoms with van der Waals surface area (Å²) >= 11 is 3.72. The Hall–Kier alpha value is -0.700. The molecule has 2 aliphatic rings. The fraction of sp³-hybridized carbons (Fsp3) is 0.625. The number of ether oxygens (including phenoxy) is 2. The van der Waals surface area contributed by atoms with Gasteiger partial charge in [-0.1, -0.05) is 28.1 Å². The van der Waals surface area contributed by atoms with Crippen LogP contribution >= 0.6 is 15.9 Å². The first-order valence-corrected chi connectivity index (χ1v) is 8.20. The van der Waals surface area contributed by atoms with Crippen LogP contribution in [0, 0.1) is 17.3 Å². The van der Waals surface area contributed by atoms with E-state index in [9.17, 15) is 0 Å². The Morgan fingerprint density at radius 1 is 1.21 bits per heavy atom. The number of fused-ring (bicyclic) bond motifs is 1. The van der Waals surface area contributed by atoms with Crippen LogP contribution in [0.4, 0.5) is 0 Å². The van der Waals surface area contributed by atoms with Crippen molar-refractivity contribution in [3.8, 4) is 11.5 Å². The van der Waals surface area contributed by atoms with E-state index >= 15 is 0 Å². The van der Waals surface area contributed by atoms with Crippen LogP contribution in [0.5, 0.6) is 11.5 Å². The Morgan fingerprint density at radius 2 is 1.89 bits per heavy atom. The van der Waals surface area contributed by atoms with Gasteiger partial charge in [-0.25, -0.2) is 0 Å². The largest absolute Gasteiger partial charge is 0.493 e. The highest BCUT2D eigenvalue weighted by Crippen LogP contribution is 2.61. The number of hydrogen-bond donors (Lipinski definition) is 0. The Morgan fingerprint density at radius 3 is 2.53 bits per heavy atom. The third kappa shape index (κ3) is 2.76. The zero-order chi connectivity index (χ0) is 13.3. The van der Waals surface area contributed by atoms with Crippen molar-refractivity contribution in [2.45, 2.75) is 25.7 Å². The van der Waals surface area contributed by atoms with E-state index in [1.807, 2.05) is 24.3 Å². The SMILES string of the molecule is COc1ccccc1OCCC1(CBr)CC2CC2C1. The zero-order valence-electron chi connectivity index (χ0n) is 11.4. The van der Waals surface area contributed by atoms with Crippen molar-refractivity contribution in [2.24, 2.45) is 17.3 Å². The van der Waals surface area contributed by atoms with Crippen molar-refractivity contribution in [1.82, 2.24) is 0 Å². The molecule has 1 aromatic carbocycles. The van der Waals surface area contributed by atoms with Crippen LogP contribution in [-0.2, 0) is 0 Å². The number of benzene rings is 1. The molecule has 0 heterocycles. The molecule has 2 unspecified atom stereocenters. The number of rotatable bonds is 6. The average molecular weight is 325 g/mol. The summed E-state index contributed by atoms with van der Waals surface area (Å²) in [6, 6.07) is 7.88. The van der Waals surface area contributed by atoms with E-state index in [0.29, 0.717) is 5.41 Å². The third-order valence-electron chi connectivity index (χ3n) is 4.70. The van der Waals surface area contributed by atoms with Crippen LogP contribution in [0.2, 0.25) is 0 Å². The molecule has 0 N–H and O–H groups in total. The van der Waals surface area contributed by atoms with Crippen LogP contribution in [0.1, 0.15) is 25.7 Å². The van der Waals surface area contributed by atoms with E-state index in [1.54, 1.807) is 7.11 Å². The monoisotopic (exact) mass is 324 g/mol. The normalized spacial score (nSPS) is 31.9. The lowest BCUT2D eigenvalue weighted by molar-refractivity contribution is 0.202. The van der Waals surface area contributed by atoms with Gasteiger partial charge in [0.2, 0.25) is 0 Å². The average Bonchev–Trinajstić information content (AvgIpc) is 3.07. The molecular weight excluding hydrogens is 304 g/mol. The predicted molar refractivity (Wildman–Crippen MR) is 80.2 cm³/mol. The van der Waals surface area contributed by atoms with Crippen LogP contribution in [0.3, 0.4) is 0 Å². The third-order valence-corrected chi connectivity index (χ3v) is 5.89. The lowest BCUT2D eigenvalue weighted by Gasteiger charge is -2.28. The minimum atomic E-state index is 0.482. The maximum Gasteiger partial charge on any atom is 0.161 e. The molecule has 0 bridgehead atoms. The quantitative estimate of drug-likeness (QED) is 0.727. The van der Waals surface area contributed by atoms with E-state index in [2.05, 4.69) is 15.9 Å². The summed E-state index contributed by atoms with van der Waals surface area (Å²) in [5, 5.41) is 1.11. The minimum absolute atomic E-state index is 0.482. The highest BCUT2D eigenvalue weighted by molar-refractivity contribution is 9.09. The highest BCUT2D eigenvalue weighted by Gasteiger charge is 2.52. The fourth-order valence-electron chi connectivity index (χ4n) is 3.50. The second kappa shape index (κ2) is 5.35. The first-order valence-electron chi connectivity index (χ1n) is 7.08. The number of methoxy groups -OCH3 is 1. The Balaban J connectivity index is 1.55. The first-order chi connectivity index (χ1) is 9.26. The summed E-state index contributed by atoms with van der Waals surface area (Å²) in [4.78, 5) is 0. The van der Waals surface area contributed by atoms with Gasteiger partial charge in [-0.15, -0.1) is 0 Å². The van der Waals surface area contributed by atoms with Gasteiger partial charge in [0.15, 0.2) is 11.5 Å². The lowest BCUT2D eigenvalue weighted by Crippen LogP contribution is -2.23. The van der Waals surface area contributed by atoms with Crippen molar-refractivity contribution in [2.75, 3.05) is 19.0 Å². The molecule has 0 aliphatic heterocycles. The van der Waals surface area contributed by atoms with Gasteiger partial charge in [0.05, 0.1) is 13.7 Å². The maximum absolute atomic E-state index is 5.92. The Kier molecular flexibility index (Phi) is 3.75. The van der Waals surface area contributed by atoms with Gasteiger partial charge in [0, 0.05) is 5.33 Å². The molecule has 0 amide bonds. The molecule has 104 valence electrons. The first kappa shape index (κ1) is 13.3. The molecule has 3 rings (SSSR count). The van der Waals surface area contributed by atoms with Crippen LogP contribution in [0.15, 0.2) is 24.3 Å². The van der Waals surface area contributed by atoms with E-state index in [-0.39, 0.29) is 0 Å². The molecule has 1 aromatic rings. The summed E-state index contributed by atoms with van der Waals surface area (Å²) in [7, 11) is 1.69. The molecule has 0 aromatic heterocycles. The van der Waals surface area contributed by atoms with Gasteiger partial charge < -0.3 is 9.47 Å². The number of hydrogen-bond acceptors (Lipinski definition) is 2. The second-order valence-electron chi connectivity index (χ2n) is 6.05. The summed E-state index contributed by atoms with van der Waals surface area (Å²) in [6.07, 6.45) is 5.39. The molecule has 0 saturated heterocycles. The lowest BCUT2D eigenvalue weighted by atomic mass is 9.82. The van der Waals surface area contributed by atoms with Gasteiger partial charge >= 0.3 is 0 Å². The smallest absolute Gasteiger partial charge is 0.161 e. The molecule has 0 radical (unpaired) electrons. The van der Waals surface area contributed by atoms with Gasteiger partial charge in [0.1, 0.15) is 0 Å². The number of alkyl halides is 1. The molecule has 2 atom stereocenters. The molecule has 2 nitrogen and oxygen atoms in total. The molecule has 2 saturated carbocycles. The van der Waals surface area contributed by atoms with Gasteiger partial charge in [-0.3, -0.25) is 0 Å². The van der Waals surface area contributed by atoms with E-state index < -0.39 is 0 Å². The van der Waals surface area contributed by atoms with Crippen molar-refractivity contribution in [1.29, 1.82) is 0 Å². The molecule has 2 fully saturated rings. The maximum atomic E-state index is 5.92. The standard InChI is InChI=1S/C16H21BrO2/c1-18-14-4-2-3-5-15(14)19-7-6-16(11-17)9-12-8-13(12)10-16/h2-5,12-13H,6-11H2,1H3. The molecule has 2 aliphatic carbocycles. The van der Waals surface area contributed by atoms with Crippen molar-refractivity contribution < 1.29 is 9.47 Å². The molecular formula is C16H21BrO2. The number of halogens is 1. The summed E-state index contributed by atoms with van der Waals surface area (Å²) in [6.45, 7) is 0.783. The van der Waals surface area contributed by atoms with Gasteiger partial charge in [-0.05, 0) is 55.1 Å². The van der Waals surface area contributed by atoms with E-state index in [4.69, 9.17) is 9.47 Å². The van der Waals surface area contributed by atoms with E-state index in [1.165, 1.54) is 19.3 Å². The van der Waals surface area contributed by atoms with Crippen LogP contribution in [-0.4, -0.2) is 19.0 Å². The molecule has 0 spiro atoms.